The number of methoxy groups -OCH3 is 1. The minimum absolute atomic E-state index is 0.627. The molecule has 152 valence electrons. The average molecular weight is 402 g/mol. The molecule has 30 heavy (non-hydrogen) atoms. The van der Waals surface area contributed by atoms with Crippen LogP contribution in [0.5, 0.6) is 5.75 Å². The van der Waals surface area contributed by atoms with Crippen molar-refractivity contribution in [1.82, 2.24) is 29.7 Å². The minimum atomic E-state index is 0.627. The first-order valence-electron chi connectivity index (χ1n) is 9.71. The Balaban J connectivity index is 1.77. The molecule has 0 aliphatic carbocycles. The van der Waals surface area contributed by atoms with E-state index in [9.17, 15) is 0 Å². The molecular weight excluding hydrogens is 380 g/mol. The number of fused-ring (bicyclic) bond motifs is 3. The van der Waals surface area contributed by atoms with Gasteiger partial charge in [-0.2, -0.15) is 0 Å². The van der Waals surface area contributed by atoms with Gasteiger partial charge in [0.1, 0.15) is 23.0 Å². The van der Waals surface area contributed by atoms with Gasteiger partial charge < -0.3 is 18.8 Å². The zero-order valence-corrected chi connectivity index (χ0v) is 17.6. The van der Waals surface area contributed by atoms with Crippen LogP contribution in [0.25, 0.3) is 33.1 Å². The molecule has 0 bridgehead atoms. The number of H-pyrrole nitrogens is 1. The van der Waals surface area contributed by atoms with Crippen molar-refractivity contribution in [2.75, 3.05) is 7.11 Å². The fraction of sp³-hybridized carbons (Fsp3) is 0.273. The van der Waals surface area contributed by atoms with Crippen LogP contribution in [0.2, 0.25) is 0 Å². The number of aryl methyl sites for hydroxylation is 4. The lowest BCUT2D eigenvalue weighted by molar-refractivity contribution is 0.393. The van der Waals surface area contributed by atoms with E-state index in [1.54, 1.807) is 13.4 Å². The van der Waals surface area contributed by atoms with Gasteiger partial charge in [-0.15, -0.1) is 0 Å². The molecule has 0 spiro atoms. The van der Waals surface area contributed by atoms with E-state index in [0.29, 0.717) is 6.42 Å². The van der Waals surface area contributed by atoms with Crippen molar-refractivity contribution in [3.63, 3.8) is 0 Å². The minimum Gasteiger partial charge on any atom is -0.496 e. The molecule has 0 aliphatic heterocycles. The van der Waals surface area contributed by atoms with Gasteiger partial charge in [0, 0.05) is 41.5 Å². The van der Waals surface area contributed by atoms with E-state index in [-0.39, 0.29) is 0 Å². The Bertz CT molecular complexity index is 1390. The van der Waals surface area contributed by atoms with Crippen molar-refractivity contribution < 1.29 is 9.26 Å². The highest BCUT2D eigenvalue weighted by Crippen LogP contribution is 2.40. The van der Waals surface area contributed by atoms with Gasteiger partial charge in [-0.1, -0.05) is 5.16 Å². The predicted octanol–water partition coefficient (Wildman–Crippen LogP) is 4.02. The maximum absolute atomic E-state index is 5.75. The number of hydrogen-bond donors (Lipinski definition) is 1. The third-order valence-electron chi connectivity index (χ3n) is 5.37. The molecule has 0 unspecified atom stereocenters. The van der Waals surface area contributed by atoms with E-state index in [1.165, 1.54) is 0 Å². The Kier molecular flexibility index (Phi) is 4.09. The van der Waals surface area contributed by atoms with Crippen molar-refractivity contribution in [3.8, 4) is 16.9 Å². The van der Waals surface area contributed by atoms with Crippen molar-refractivity contribution in [1.29, 1.82) is 0 Å². The van der Waals surface area contributed by atoms with Gasteiger partial charge in [0.2, 0.25) is 0 Å². The summed E-state index contributed by atoms with van der Waals surface area (Å²) >= 11 is 0. The zero-order valence-electron chi connectivity index (χ0n) is 17.6. The van der Waals surface area contributed by atoms with Gasteiger partial charge in [0.15, 0.2) is 0 Å². The molecule has 4 aromatic heterocycles. The first-order valence-corrected chi connectivity index (χ1v) is 9.71. The van der Waals surface area contributed by atoms with Crippen LogP contribution in [0.4, 0.5) is 0 Å². The fourth-order valence-corrected chi connectivity index (χ4v) is 4.11. The molecule has 0 fully saturated rings. The van der Waals surface area contributed by atoms with E-state index in [0.717, 1.165) is 67.5 Å². The number of nitrogens with zero attached hydrogens (tertiary/aromatic N) is 5. The third kappa shape index (κ3) is 2.83. The third-order valence-corrected chi connectivity index (χ3v) is 5.37. The Labute approximate surface area is 172 Å². The predicted molar refractivity (Wildman–Crippen MR) is 114 cm³/mol. The molecule has 0 radical (unpaired) electrons. The first kappa shape index (κ1) is 18.4. The van der Waals surface area contributed by atoms with Crippen LogP contribution in [-0.2, 0) is 13.5 Å². The van der Waals surface area contributed by atoms with E-state index in [2.05, 4.69) is 26.2 Å². The summed E-state index contributed by atoms with van der Waals surface area (Å²) in [4.78, 5) is 17.3. The molecule has 5 rings (SSSR count). The van der Waals surface area contributed by atoms with E-state index in [4.69, 9.17) is 14.2 Å². The Morgan fingerprint density at radius 2 is 2.00 bits per heavy atom. The van der Waals surface area contributed by atoms with Crippen LogP contribution in [0.1, 0.15) is 28.7 Å². The average Bonchev–Trinajstić information content (AvgIpc) is 3.37. The molecule has 0 aliphatic rings. The maximum Gasteiger partial charge on any atom is 0.142 e. The number of rotatable bonds is 4. The summed E-state index contributed by atoms with van der Waals surface area (Å²) in [7, 11) is 3.64. The van der Waals surface area contributed by atoms with Crippen LogP contribution in [0, 0.1) is 20.8 Å². The maximum atomic E-state index is 5.75. The van der Waals surface area contributed by atoms with Gasteiger partial charge in [0.25, 0.3) is 0 Å². The number of imidazole rings is 1. The van der Waals surface area contributed by atoms with Gasteiger partial charge >= 0.3 is 0 Å². The SMILES string of the molecule is COc1cc2c(cc1-c1c(C)noc1C)[nH]c1nc(C)nc(Cc3cn(C)cn3)c12. The van der Waals surface area contributed by atoms with Crippen LogP contribution >= 0.6 is 0 Å². The molecule has 8 nitrogen and oxygen atoms in total. The monoisotopic (exact) mass is 402 g/mol. The number of nitrogens with one attached hydrogen (secondary N) is 1. The molecule has 5 aromatic rings. The smallest absolute Gasteiger partial charge is 0.142 e. The molecule has 0 saturated heterocycles. The van der Waals surface area contributed by atoms with Crippen LogP contribution in [-0.4, -0.2) is 36.8 Å². The molecule has 8 heteroatoms. The second-order valence-corrected chi connectivity index (χ2v) is 7.57. The summed E-state index contributed by atoms with van der Waals surface area (Å²) in [5.41, 5.74) is 6.38. The van der Waals surface area contributed by atoms with Crippen molar-refractivity contribution in [3.05, 3.63) is 53.3 Å². The topological polar surface area (TPSA) is 94.7 Å². The summed E-state index contributed by atoms with van der Waals surface area (Å²) in [6.45, 7) is 5.74. The van der Waals surface area contributed by atoms with Crippen molar-refractivity contribution >= 4 is 21.9 Å². The Morgan fingerprint density at radius 1 is 1.17 bits per heavy atom. The second kappa shape index (κ2) is 6.69. The van der Waals surface area contributed by atoms with Crippen LogP contribution in [0.3, 0.4) is 0 Å². The highest BCUT2D eigenvalue weighted by Gasteiger charge is 2.20. The number of aromatic nitrogens is 6. The van der Waals surface area contributed by atoms with E-state index in [1.807, 2.05) is 44.6 Å². The Hall–Kier alpha value is -3.68. The standard InChI is InChI=1S/C22H22N6O2/c1-11-20(12(2)30-27-11)16-7-17-15(8-19(16)29-5)21-18(6-14-9-28(4)10-23-14)24-13(3)25-22(21)26-17/h7-10H,6H2,1-5H3,(H,24,25,26). The Morgan fingerprint density at radius 3 is 2.67 bits per heavy atom. The number of ether oxygens (including phenoxy) is 1. The lowest BCUT2D eigenvalue weighted by Gasteiger charge is -2.09. The number of benzene rings is 1. The molecular formula is C22H22N6O2. The largest absolute Gasteiger partial charge is 0.496 e. The fourth-order valence-electron chi connectivity index (χ4n) is 4.11. The highest BCUT2D eigenvalue weighted by atomic mass is 16.5. The molecule has 1 aromatic carbocycles. The molecule has 1 N–H and O–H groups in total. The van der Waals surface area contributed by atoms with Crippen molar-refractivity contribution in [2.24, 2.45) is 7.05 Å². The summed E-state index contributed by atoms with van der Waals surface area (Å²) in [5.74, 6) is 2.23. The quantitative estimate of drug-likeness (QED) is 0.488. The lowest BCUT2D eigenvalue weighted by atomic mass is 10.00. The van der Waals surface area contributed by atoms with Crippen LogP contribution in [0.15, 0.2) is 29.2 Å². The first-order chi connectivity index (χ1) is 14.4. The summed E-state index contributed by atoms with van der Waals surface area (Å²) < 4.78 is 13.1. The summed E-state index contributed by atoms with van der Waals surface area (Å²) in [6, 6.07) is 4.11. The molecule has 4 heterocycles. The number of aromatic amines is 1. The van der Waals surface area contributed by atoms with E-state index >= 15 is 0 Å². The summed E-state index contributed by atoms with van der Waals surface area (Å²) in [5, 5.41) is 6.10. The van der Waals surface area contributed by atoms with E-state index < -0.39 is 0 Å². The summed E-state index contributed by atoms with van der Waals surface area (Å²) in [6.07, 6.45) is 4.44. The number of hydrogen-bond acceptors (Lipinski definition) is 6. The van der Waals surface area contributed by atoms with Gasteiger partial charge in [-0.3, -0.25) is 0 Å². The van der Waals surface area contributed by atoms with Crippen LogP contribution < -0.4 is 4.74 Å². The molecule has 0 atom stereocenters. The highest BCUT2D eigenvalue weighted by molar-refractivity contribution is 6.09. The second-order valence-electron chi connectivity index (χ2n) is 7.57. The molecule has 0 saturated carbocycles. The van der Waals surface area contributed by atoms with Gasteiger partial charge in [0.05, 0.1) is 36.1 Å². The normalized spacial score (nSPS) is 11.6. The zero-order chi connectivity index (χ0) is 21.0. The molecule has 0 amide bonds. The van der Waals surface area contributed by atoms with Gasteiger partial charge in [-0.25, -0.2) is 15.0 Å². The van der Waals surface area contributed by atoms with Crippen molar-refractivity contribution in [2.45, 2.75) is 27.2 Å². The lowest BCUT2D eigenvalue weighted by Crippen LogP contribution is -1.98. The van der Waals surface area contributed by atoms with Gasteiger partial charge in [-0.05, 0) is 32.9 Å².